The molecule has 0 radical (unpaired) electrons. The van der Waals surface area contributed by atoms with Crippen molar-refractivity contribution in [1.82, 2.24) is 5.32 Å². The molecule has 0 fully saturated rings. The highest BCUT2D eigenvalue weighted by Crippen LogP contribution is 2.33. The lowest BCUT2D eigenvalue weighted by molar-refractivity contribution is -0.120. The molecule has 0 unspecified atom stereocenters. The van der Waals surface area contributed by atoms with Crippen molar-refractivity contribution in [1.29, 1.82) is 0 Å². The third-order valence-electron chi connectivity index (χ3n) is 4.66. The fourth-order valence-corrected chi connectivity index (χ4v) is 4.22. The monoisotopic (exact) mass is 355 g/mol. The second-order valence-electron chi connectivity index (χ2n) is 6.45. The summed E-state index contributed by atoms with van der Waals surface area (Å²) in [6.07, 6.45) is 3.59. The summed E-state index contributed by atoms with van der Waals surface area (Å²) in [6.45, 7) is 2.71. The molecule has 0 spiro atoms. The van der Waals surface area contributed by atoms with Gasteiger partial charge in [0.05, 0.1) is 5.25 Å². The van der Waals surface area contributed by atoms with Gasteiger partial charge in [0, 0.05) is 11.4 Å². The molecule has 0 saturated carbocycles. The van der Waals surface area contributed by atoms with Gasteiger partial charge < -0.3 is 14.8 Å². The maximum absolute atomic E-state index is 12.4. The molecule has 0 saturated heterocycles. The fraction of sp³-hybridized carbons (Fsp3) is 0.350. The minimum absolute atomic E-state index is 0.0446. The van der Waals surface area contributed by atoms with Gasteiger partial charge in [-0.15, -0.1) is 11.8 Å². The molecule has 1 aliphatic heterocycles. The number of carbonyl (C=O) groups excluding carboxylic acids is 1. The lowest BCUT2D eigenvalue weighted by Gasteiger charge is -2.13. The number of ether oxygens (including phenoxy) is 2. The third-order valence-corrected chi connectivity index (χ3v) is 5.75. The van der Waals surface area contributed by atoms with Crippen molar-refractivity contribution in [2.75, 3.05) is 6.79 Å². The summed E-state index contributed by atoms with van der Waals surface area (Å²) < 4.78 is 10.7. The average molecular weight is 355 g/mol. The van der Waals surface area contributed by atoms with Crippen LogP contribution in [0.15, 0.2) is 41.3 Å². The lowest BCUT2D eigenvalue weighted by Crippen LogP contribution is -2.30. The number of carbonyl (C=O) groups is 1. The Balaban J connectivity index is 1.33. The normalized spacial score (nSPS) is 15.7. The number of nitrogens with one attached hydrogen (secondary N) is 1. The summed E-state index contributed by atoms with van der Waals surface area (Å²) in [5.74, 6) is 1.55. The highest BCUT2D eigenvalue weighted by molar-refractivity contribution is 8.00. The van der Waals surface area contributed by atoms with Gasteiger partial charge in [0.25, 0.3) is 0 Å². The van der Waals surface area contributed by atoms with Gasteiger partial charge in [-0.1, -0.05) is 12.1 Å². The van der Waals surface area contributed by atoms with Gasteiger partial charge >= 0.3 is 0 Å². The van der Waals surface area contributed by atoms with Crippen molar-refractivity contribution in [3.8, 4) is 11.5 Å². The molecule has 2 aromatic rings. The van der Waals surface area contributed by atoms with E-state index in [1.807, 2.05) is 25.1 Å². The van der Waals surface area contributed by atoms with E-state index in [-0.39, 0.29) is 18.0 Å². The number of hydrogen-bond donors (Lipinski definition) is 1. The minimum atomic E-state index is -0.131. The molecular weight excluding hydrogens is 334 g/mol. The molecule has 4 nitrogen and oxygen atoms in total. The van der Waals surface area contributed by atoms with E-state index >= 15 is 0 Å². The van der Waals surface area contributed by atoms with E-state index < -0.39 is 0 Å². The van der Waals surface area contributed by atoms with Crippen LogP contribution in [-0.4, -0.2) is 18.0 Å². The highest BCUT2D eigenvalue weighted by atomic mass is 32.2. The minimum Gasteiger partial charge on any atom is -0.454 e. The largest absolute Gasteiger partial charge is 0.454 e. The zero-order valence-corrected chi connectivity index (χ0v) is 15.0. The van der Waals surface area contributed by atoms with Gasteiger partial charge in [-0.05, 0) is 67.1 Å². The van der Waals surface area contributed by atoms with Crippen molar-refractivity contribution in [3.63, 3.8) is 0 Å². The Labute approximate surface area is 151 Å². The quantitative estimate of drug-likeness (QED) is 0.831. The van der Waals surface area contributed by atoms with Crippen molar-refractivity contribution < 1.29 is 14.3 Å². The van der Waals surface area contributed by atoms with Gasteiger partial charge in [0.2, 0.25) is 12.7 Å². The number of rotatable bonds is 5. The summed E-state index contributed by atoms with van der Waals surface area (Å²) >= 11 is 1.62. The number of amides is 1. The van der Waals surface area contributed by atoms with Crippen molar-refractivity contribution >= 4 is 17.7 Å². The number of thioether (sulfide) groups is 1. The van der Waals surface area contributed by atoms with E-state index in [9.17, 15) is 4.79 Å². The number of benzene rings is 2. The van der Waals surface area contributed by atoms with Crippen LogP contribution in [0.25, 0.3) is 0 Å². The van der Waals surface area contributed by atoms with Crippen LogP contribution < -0.4 is 14.8 Å². The van der Waals surface area contributed by atoms with Crippen LogP contribution in [0.4, 0.5) is 0 Å². The second kappa shape index (κ2) is 7.00. The van der Waals surface area contributed by atoms with E-state index in [0.717, 1.165) is 23.5 Å². The Kier molecular flexibility index (Phi) is 4.57. The molecule has 25 heavy (non-hydrogen) atoms. The van der Waals surface area contributed by atoms with Gasteiger partial charge in [-0.2, -0.15) is 0 Å². The Bertz CT molecular complexity index is 806. The van der Waals surface area contributed by atoms with Gasteiger partial charge in [-0.25, -0.2) is 0 Å². The fourth-order valence-electron chi connectivity index (χ4n) is 3.26. The number of fused-ring (bicyclic) bond motifs is 2. The van der Waals surface area contributed by atoms with E-state index in [1.165, 1.54) is 28.9 Å². The molecule has 1 aliphatic carbocycles. The summed E-state index contributed by atoms with van der Waals surface area (Å²) in [7, 11) is 0. The molecule has 1 atom stereocenters. The molecule has 130 valence electrons. The Hall–Kier alpha value is -2.14. The smallest absolute Gasteiger partial charge is 0.233 e. The Morgan fingerprint density at radius 1 is 1.12 bits per heavy atom. The molecular formula is C20H21NO3S. The summed E-state index contributed by atoms with van der Waals surface area (Å²) in [6, 6.07) is 12.3. The summed E-state index contributed by atoms with van der Waals surface area (Å²) in [5, 5.41) is 2.88. The molecule has 1 heterocycles. The maximum atomic E-state index is 12.4. The Morgan fingerprint density at radius 3 is 2.88 bits per heavy atom. The molecule has 1 N–H and O–H groups in total. The van der Waals surface area contributed by atoms with E-state index in [0.29, 0.717) is 6.54 Å². The molecule has 4 rings (SSSR count). The van der Waals surface area contributed by atoms with Crippen molar-refractivity contribution in [3.05, 3.63) is 53.1 Å². The summed E-state index contributed by atoms with van der Waals surface area (Å²) in [4.78, 5) is 13.6. The summed E-state index contributed by atoms with van der Waals surface area (Å²) in [5.41, 5.74) is 3.91. The average Bonchev–Trinajstić information content (AvgIpc) is 3.27. The van der Waals surface area contributed by atoms with Crippen LogP contribution in [0.1, 0.15) is 30.0 Å². The maximum Gasteiger partial charge on any atom is 0.233 e. The SMILES string of the molecule is C[C@H](Sc1ccc2c(c1)CCC2)C(=O)NCc1ccc2c(c1)OCO2. The van der Waals surface area contributed by atoms with Gasteiger partial charge in [0.1, 0.15) is 0 Å². The van der Waals surface area contributed by atoms with Crippen LogP contribution in [0.3, 0.4) is 0 Å². The first-order chi connectivity index (χ1) is 12.2. The first kappa shape index (κ1) is 16.3. The number of aryl methyl sites for hydroxylation is 2. The number of hydrogen-bond acceptors (Lipinski definition) is 4. The molecule has 2 aromatic carbocycles. The highest BCUT2D eigenvalue weighted by Gasteiger charge is 2.17. The van der Waals surface area contributed by atoms with E-state index in [2.05, 4.69) is 23.5 Å². The zero-order valence-electron chi connectivity index (χ0n) is 14.2. The van der Waals surface area contributed by atoms with Crippen LogP contribution >= 0.6 is 11.8 Å². The Morgan fingerprint density at radius 2 is 1.96 bits per heavy atom. The zero-order chi connectivity index (χ0) is 17.2. The third kappa shape index (κ3) is 3.61. The van der Waals surface area contributed by atoms with E-state index in [1.54, 1.807) is 11.8 Å². The molecule has 5 heteroatoms. The molecule has 0 bridgehead atoms. The van der Waals surface area contributed by atoms with Crippen LogP contribution in [0.5, 0.6) is 11.5 Å². The molecule has 2 aliphatic rings. The first-order valence-corrected chi connectivity index (χ1v) is 9.52. The molecule has 1 amide bonds. The van der Waals surface area contributed by atoms with E-state index in [4.69, 9.17) is 9.47 Å². The topological polar surface area (TPSA) is 47.6 Å². The first-order valence-electron chi connectivity index (χ1n) is 8.64. The second-order valence-corrected chi connectivity index (χ2v) is 7.86. The predicted octanol–water partition coefficient (Wildman–Crippen LogP) is 3.70. The standard InChI is InChI=1S/C20H21NO3S/c1-13(25-17-7-6-15-3-2-4-16(15)10-17)20(22)21-11-14-5-8-18-19(9-14)24-12-23-18/h5-10,13H,2-4,11-12H2,1H3,(H,21,22)/t13-/m0/s1. The van der Waals surface area contributed by atoms with Crippen LogP contribution in [-0.2, 0) is 24.2 Å². The van der Waals surface area contributed by atoms with Gasteiger partial charge in [0.15, 0.2) is 11.5 Å². The van der Waals surface area contributed by atoms with Crippen molar-refractivity contribution in [2.45, 2.75) is 42.9 Å². The van der Waals surface area contributed by atoms with Crippen molar-refractivity contribution in [2.24, 2.45) is 0 Å². The lowest BCUT2D eigenvalue weighted by atomic mass is 10.1. The van der Waals surface area contributed by atoms with Crippen LogP contribution in [0.2, 0.25) is 0 Å². The predicted molar refractivity (Wildman–Crippen MR) is 98.2 cm³/mol. The van der Waals surface area contributed by atoms with Crippen LogP contribution in [0, 0.1) is 0 Å². The molecule has 0 aromatic heterocycles. The van der Waals surface area contributed by atoms with Gasteiger partial charge in [-0.3, -0.25) is 4.79 Å².